The molecule has 0 aliphatic rings. The van der Waals surface area contributed by atoms with Crippen LogP contribution in [0.25, 0.3) is 0 Å². The zero-order valence-electron chi connectivity index (χ0n) is 14.5. The summed E-state index contributed by atoms with van der Waals surface area (Å²) in [5.41, 5.74) is 0.891. The Balaban J connectivity index is 2.34. The Kier molecular flexibility index (Phi) is 8.82. The van der Waals surface area contributed by atoms with Crippen LogP contribution in [0.2, 0.25) is 0 Å². The molecule has 0 fully saturated rings. The monoisotopic (exact) mass is 323 g/mol. The lowest BCUT2D eigenvalue weighted by Gasteiger charge is -2.17. The lowest BCUT2D eigenvalue weighted by molar-refractivity contribution is -0.567. The number of unbranched alkanes of at least 4 members (excludes halogenated alkanes) is 5. The summed E-state index contributed by atoms with van der Waals surface area (Å²) in [5, 5.41) is 10.9. The van der Waals surface area contributed by atoms with Crippen molar-refractivity contribution >= 4 is 0 Å². The number of hydrogen-bond acceptors (Lipinski definition) is 2. The summed E-state index contributed by atoms with van der Waals surface area (Å²) in [6, 6.07) is 8.23. The highest BCUT2D eigenvalue weighted by Gasteiger charge is 2.36. The average molecular weight is 323 g/mol. The molecule has 0 aliphatic heterocycles. The van der Waals surface area contributed by atoms with Crippen LogP contribution in [-0.4, -0.2) is 17.1 Å². The van der Waals surface area contributed by atoms with Gasteiger partial charge in [0, 0.05) is 18.3 Å². The number of benzene rings is 1. The van der Waals surface area contributed by atoms with Gasteiger partial charge in [0.15, 0.2) is 6.67 Å². The summed E-state index contributed by atoms with van der Waals surface area (Å²) in [6.07, 6.45) is 9.60. The van der Waals surface area contributed by atoms with E-state index in [1.165, 1.54) is 51.0 Å². The Morgan fingerprint density at radius 1 is 1.00 bits per heavy atom. The smallest absolute Gasteiger partial charge is 0.247 e. The maximum Gasteiger partial charge on any atom is 0.247 e. The van der Waals surface area contributed by atoms with Crippen LogP contribution in [0.15, 0.2) is 24.3 Å². The molecule has 0 amide bonds. The number of alkyl halides is 1. The molecule has 23 heavy (non-hydrogen) atoms. The minimum Gasteiger partial charge on any atom is -0.264 e. The third-order valence-electron chi connectivity index (χ3n) is 4.52. The minimum atomic E-state index is -1.46. The van der Waals surface area contributed by atoms with Crippen LogP contribution >= 0.6 is 0 Å². The fourth-order valence-electron chi connectivity index (χ4n) is 2.60. The molecular weight excluding hydrogens is 293 g/mol. The summed E-state index contributed by atoms with van der Waals surface area (Å²) in [5.74, 6) is 0. The summed E-state index contributed by atoms with van der Waals surface area (Å²) >= 11 is 0. The first kappa shape index (κ1) is 19.6. The molecule has 130 valence electrons. The molecule has 1 aromatic carbocycles. The summed E-state index contributed by atoms with van der Waals surface area (Å²) in [4.78, 5) is 10.4. The highest BCUT2D eigenvalue weighted by atomic mass is 19.1. The van der Waals surface area contributed by atoms with Crippen LogP contribution < -0.4 is 0 Å². The zero-order valence-corrected chi connectivity index (χ0v) is 14.5. The first-order valence-corrected chi connectivity index (χ1v) is 8.80. The molecule has 0 aliphatic carbocycles. The van der Waals surface area contributed by atoms with E-state index in [1.54, 1.807) is 0 Å². The molecule has 0 radical (unpaired) electrons. The number of nitro groups is 1. The number of rotatable bonds is 12. The minimum absolute atomic E-state index is 0.229. The van der Waals surface area contributed by atoms with Gasteiger partial charge in [0.1, 0.15) is 0 Å². The van der Waals surface area contributed by atoms with E-state index in [2.05, 4.69) is 19.1 Å². The van der Waals surface area contributed by atoms with Gasteiger partial charge in [0.25, 0.3) is 0 Å². The van der Waals surface area contributed by atoms with Crippen LogP contribution in [0.4, 0.5) is 4.39 Å². The Bertz CT molecular complexity index is 461. The fraction of sp³-hybridized carbons (Fsp3) is 0.684. The molecule has 0 saturated heterocycles. The van der Waals surface area contributed by atoms with E-state index in [9.17, 15) is 14.5 Å². The molecule has 0 N–H and O–H groups in total. The van der Waals surface area contributed by atoms with Gasteiger partial charge in [-0.1, -0.05) is 63.3 Å². The van der Waals surface area contributed by atoms with Gasteiger partial charge in [0.05, 0.1) is 0 Å². The normalized spacial score (nSPS) is 13.7. The Morgan fingerprint density at radius 3 is 2.04 bits per heavy atom. The molecule has 0 bridgehead atoms. The van der Waals surface area contributed by atoms with Crippen LogP contribution in [0.1, 0.15) is 69.9 Å². The van der Waals surface area contributed by atoms with Crippen molar-refractivity contribution in [1.29, 1.82) is 0 Å². The van der Waals surface area contributed by atoms with Gasteiger partial charge in [-0.25, -0.2) is 4.39 Å². The van der Waals surface area contributed by atoms with Crippen molar-refractivity contribution in [1.82, 2.24) is 0 Å². The second kappa shape index (κ2) is 10.3. The quantitative estimate of drug-likeness (QED) is 0.288. The van der Waals surface area contributed by atoms with E-state index < -0.39 is 17.1 Å². The molecule has 1 rings (SSSR count). The first-order chi connectivity index (χ1) is 11.0. The average Bonchev–Trinajstić information content (AvgIpc) is 2.56. The van der Waals surface area contributed by atoms with Crippen LogP contribution in [0.3, 0.4) is 0 Å². The molecule has 3 nitrogen and oxygen atoms in total. The van der Waals surface area contributed by atoms with Crippen molar-refractivity contribution < 1.29 is 9.31 Å². The predicted molar refractivity (Wildman–Crippen MR) is 93.2 cm³/mol. The van der Waals surface area contributed by atoms with Crippen molar-refractivity contribution in [3.63, 3.8) is 0 Å². The molecule has 0 aromatic heterocycles. The molecular formula is C19H30FNO2. The second-order valence-electron chi connectivity index (χ2n) is 6.72. The molecule has 0 spiro atoms. The summed E-state index contributed by atoms with van der Waals surface area (Å²) in [7, 11) is 0. The standard InChI is InChI=1S/C19H30FNO2/c1-3-4-5-6-7-8-9-17-10-12-18(13-11-17)14-15-19(2,16-20)21(22)23/h10-13H,3-9,14-16H2,1-2H3. The third-order valence-corrected chi connectivity index (χ3v) is 4.52. The molecule has 0 saturated carbocycles. The van der Waals surface area contributed by atoms with E-state index in [0.29, 0.717) is 6.42 Å². The van der Waals surface area contributed by atoms with Crippen LogP contribution in [-0.2, 0) is 12.8 Å². The molecule has 4 heteroatoms. The van der Waals surface area contributed by atoms with Gasteiger partial charge in [-0.3, -0.25) is 10.1 Å². The third kappa shape index (κ3) is 7.10. The Morgan fingerprint density at radius 2 is 1.52 bits per heavy atom. The first-order valence-electron chi connectivity index (χ1n) is 8.80. The summed E-state index contributed by atoms with van der Waals surface area (Å²) < 4.78 is 12.9. The van der Waals surface area contributed by atoms with Gasteiger partial charge < -0.3 is 0 Å². The second-order valence-corrected chi connectivity index (χ2v) is 6.72. The predicted octanol–water partition coefficient (Wildman–Crippen LogP) is 5.53. The lowest BCUT2D eigenvalue weighted by atomic mass is 9.94. The van der Waals surface area contributed by atoms with Gasteiger partial charge >= 0.3 is 0 Å². The number of halogens is 1. The van der Waals surface area contributed by atoms with Gasteiger partial charge in [-0.15, -0.1) is 0 Å². The number of aryl methyl sites for hydroxylation is 2. The largest absolute Gasteiger partial charge is 0.264 e. The topological polar surface area (TPSA) is 43.1 Å². The SMILES string of the molecule is CCCCCCCCc1ccc(CCC(C)(CF)[N+](=O)[O-])cc1. The highest BCUT2D eigenvalue weighted by Crippen LogP contribution is 2.19. The van der Waals surface area contributed by atoms with Crippen molar-refractivity contribution in [2.45, 2.75) is 77.2 Å². The lowest BCUT2D eigenvalue weighted by Crippen LogP contribution is -2.37. The Labute approximate surface area is 139 Å². The fourth-order valence-corrected chi connectivity index (χ4v) is 2.60. The molecule has 1 atom stereocenters. The highest BCUT2D eigenvalue weighted by molar-refractivity contribution is 5.23. The van der Waals surface area contributed by atoms with Crippen molar-refractivity contribution in [2.75, 3.05) is 6.67 Å². The summed E-state index contributed by atoms with van der Waals surface area (Å²) in [6.45, 7) is 2.68. The zero-order chi connectivity index (χ0) is 17.1. The molecule has 0 heterocycles. The van der Waals surface area contributed by atoms with E-state index in [-0.39, 0.29) is 6.42 Å². The van der Waals surface area contributed by atoms with Crippen LogP contribution in [0.5, 0.6) is 0 Å². The van der Waals surface area contributed by atoms with Gasteiger partial charge in [0.2, 0.25) is 5.54 Å². The van der Waals surface area contributed by atoms with E-state index in [0.717, 1.165) is 12.0 Å². The van der Waals surface area contributed by atoms with Gasteiger partial charge in [-0.05, 0) is 30.4 Å². The maximum atomic E-state index is 12.9. The molecule has 1 aromatic rings. The van der Waals surface area contributed by atoms with Crippen LogP contribution in [0, 0.1) is 10.1 Å². The Hall–Kier alpha value is -1.45. The van der Waals surface area contributed by atoms with Gasteiger partial charge in [-0.2, -0.15) is 0 Å². The van der Waals surface area contributed by atoms with Crippen molar-refractivity contribution in [3.05, 3.63) is 45.5 Å². The maximum absolute atomic E-state index is 12.9. The number of nitrogens with zero attached hydrogens (tertiary/aromatic N) is 1. The van der Waals surface area contributed by atoms with E-state index in [4.69, 9.17) is 0 Å². The number of hydrogen-bond donors (Lipinski definition) is 0. The van der Waals surface area contributed by atoms with E-state index >= 15 is 0 Å². The van der Waals surface area contributed by atoms with Crippen molar-refractivity contribution in [3.8, 4) is 0 Å². The van der Waals surface area contributed by atoms with Crippen molar-refractivity contribution in [2.24, 2.45) is 0 Å². The van der Waals surface area contributed by atoms with E-state index in [1.807, 2.05) is 12.1 Å². The molecule has 1 unspecified atom stereocenters.